The molecule has 0 saturated carbocycles. The Kier molecular flexibility index (Phi) is 3.28. The van der Waals surface area contributed by atoms with E-state index in [2.05, 4.69) is 48.3 Å². The molecule has 0 spiro atoms. The van der Waals surface area contributed by atoms with Crippen LogP contribution in [0, 0.1) is 5.92 Å². The molecule has 108 valence electrons. The molecular formula is C19H20ClN. The third kappa shape index (κ3) is 2.29. The van der Waals surface area contributed by atoms with Gasteiger partial charge >= 0.3 is 0 Å². The highest BCUT2D eigenvalue weighted by Crippen LogP contribution is 2.48. The SMILES string of the molecule is CN1C(Cc2ccc(Cl)cc2)CC2Cc3ccccc3C21. The molecule has 0 aromatic heterocycles. The first-order chi connectivity index (χ1) is 10.2. The van der Waals surface area contributed by atoms with E-state index in [1.165, 1.54) is 18.4 Å². The second-order valence-electron chi connectivity index (χ2n) is 6.49. The fourth-order valence-electron chi connectivity index (χ4n) is 4.28. The molecule has 1 aliphatic carbocycles. The lowest BCUT2D eigenvalue weighted by Crippen LogP contribution is -2.29. The first kappa shape index (κ1) is 13.4. The van der Waals surface area contributed by atoms with Crippen LogP contribution in [0.5, 0.6) is 0 Å². The minimum atomic E-state index is 0.624. The highest BCUT2D eigenvalue weighted by molar-refractivity contribution is 6.30. The van der Waals surface area contributed by atoms with Crippen molar-refractivity contribution in [2.75, 3.05) is 7.05 Å². The maximum absolute atomic E-state index is 5.98. The van der Waals surface area contributed by atoms with E-state index >= 15 is 0 Å². The monoisotopic (exact) mass is 297 g/mol. The smallest absolute Gasteiger partial charge is 0.0406 e. The zero-order valence-corrected chi connectivity index (χ0v) is 13.1. The minimum absolute atomic E-state index is 0.624. The van der Waals surface area contributed by atoms with E-state index in [-0.39, 0.29) is 0 Å². The quantitative estimate of drug-likeness (QED) is 0.789. The van der Waals surface area contributed by atoms with Gasteiger partial charge in [-0.2, -0.15) is 0 Å². The second-order valence-corrected chi connectivity index (χ2v) is 6.93. The van der Waals surface area contributed by atoms with Crippen LogP contribution in [0.3, 0.4) is 0 Å². The lowest BCUT2D eigenvalue weighted by atomic mass is 9.97. The van der Waals surface area contributed by atoms with E-state index in [0.29, 0.717) is 12.1 Å². The summed E-state index contributed by atoms with van der Waals surface area (Å²) in [5.74, 6) is 0.796. The van der Waals surface area contributed by atoms with Gasteiger partial charge in [0.05, 0.1) is 0 Å². The van der Waals surface area contributed by atoms with Crippen LogP contribution in [0.4, 0.5) is 0 Å². The van der Waals surface area contributed by atoms with Crippen molar-refractivity contribution in [3.8, 4) is 0 Å². The number of nitrogens with zero attached hydrogens (tertiary/aromatic N) is 1. The van der Waals surface area contributed by atoms with Crippen LogP contribution in [0.25, 0.3) is 0 Å². The molecule has 2 aliphatic rings. The zero-order chi connectivity index (χ0) is 14.4. The highest BCUT2D eigenvalue weighted by atomic mass is 35.5. The van der Waals surface area contributed by atoms with Crippen molar-refractivity contribution in [2.24, 2.45) is 5.92 Å². The molecule has 0 bridgehead atoms. The normalized spacial score (nSPS) is 27.6. The van der Waals surface area contributed by atoms with Gasteiger partial charge in [0.25, 0.3) is 0 Å². The molecule has 1 saturated heterocycles. The Labute approximate surface area is 131 Å². The van der Waals surface area contributed by atoms with Crippen LogP contribution in [-0.4, -0.2) is 18.0 Å². The van der Waals surface area contributed by atoms with Crippen molar-refractivity contribution >= 4 is 11.6 Å². The van der Waals surface area contributed by atoms with Gasteiger partial charge in [-0.05, 0) is 61.1 Å². The molecule has 2 aromatic rings. The second kappa shape index (κ2) is 5.15. The van der Waals surface area contributed by atoms with E-state index in [9.17, 15) is 0 Å². The summed E-state index contributed by atoms with van der Waals surface area (Å²) in [6.07, 6.45) is 3.68. The summed E-state index contributed by atoms with van der Waals surface area (Å²) in [4.78, 5) is 2.60. The van der Waals surface area contributed by atoms with Crippen molar-refractivity contribution in [3.63, 3.8) is 0 Å². The molecule has 1 fully saturated rings. The maximum Gasteiger partial charge on any atom is 0.0406 e. The van der Waals surface area contributed by atoms with E-state index in [1.807, 2.05) is 12.1 Å². The number of hydrogen-bond donors (Lipinski definition) is 0. The molecule has 2 aromatic carbocycles. The molecule has 3 atom stereocenters. The van der Waals surface area contributed by atoms with E-state index in [0.717, 1.165) is 17.4 Å². The summed E-state index contributed by atoms with van der Waals surface area (Å²) in [6, 6.07) is 18.6. The van der Waals surface area contributed by atoms with E-state index < -0.39 is 0 Å². The van der Waals surface area contributed by atoms with Crippen molar-refractivity contribution in [1.82, 2.24) is 4.90 Å². The Hall–Kier alpha value is -1.31. The van der Waals surface area contributed by atoms with Crippen LogP contribution >= 0.6 is 11.6 Å². The third-order valence-corrected chi connectivity index (χ3v) is 5.53. The summed E-state index contributed by atoms with van der Waals surface area (Å²) < 4.78 is 0. The van der Waals surface area contributed by atoms with Gasteiger partial charge in [-0.15, -0.1) is 0 Å². The number of benzene rings is 2. The summed E-state index contributed by atoms with van der Waals surface area (Å²) >= 11 is 5.98. The Morgan fingerprint density at radius 2 is 1.86 bits per heavy atom. The Morgan fingerprint density at radius 1 is 1.10 bits per heavy atom. The van der Waals surface area contributed by atoms with Gasteiger partial charge in [-0.25, -0.2) is 0 Å². The molecule has 3 unspecified atom stereocenters. The number of halogens is 1. The number of likely N-dealkylation sites (tertiary alicyclic amines) is 1. The van der Waals surface area contributed by atoms with Gasteiger partial charge < -0.3 is 0 Å². The van der Waals surface area contributed by atoms with Gasteiger partial charge in [0, 0.05) is 17.1 Å². The number of rotatable bonds is 2. The van der Waals surface area contributed by atoms with Crippen LogP contribution in [0.15, 0.2) is 48.5 Å². The number of fused-ring (bicyclic) bond motifs is 3. The van der Waals surface area contributed by atoms with E-state index in [1.54, 1.807) is 11.1 Å². The maximum atomic E-state index is 5.98. The molecule has 2 heteroatoms. The molecule has 21 heavy (non-hydrogen) atoms. The molecule has 0 N–H and O–H groups in total. The molecule has 4 rings (SSSR count). The lowest BCUT2D eigenvalue weighted by Gasteiger charge is -2.26. The van der Waals surface area contributed by atoms with Gasteiger partial charge in [0.1, 0.15) is 0 Å². The fraction of sp³-hybridized carbons (Fsp3) is 0.368. The predicted molar refractivity (Wildman–Crippen MR) is 87.7 cm³/mol. The van der Waals surface area contributed by atoms with Crippen LogP contribution < -0.4 is 0 Å². The summed E-state index contributed by atoms with van der Waals surface area (Å²) in [7, 11) is 2.30. The zero-order valence-electron chi connectivity index (χ0n) is 12.3. The third-order valence-electron chi connectivity index (χ3n) is 5.28. The Morgan fingerprint density at radius 3 is 2.67 bits per heavy atom. The first-order valence-corrected chi connectivity index (χ1v) is 8.14. The predicted octanol–water partition coefficient (Wildman–Crippen LogP) is 4.50. The minimum Gasteiger partial charge on any atom is -0.296 e. The van der Waals surface area contributed by atoms with Crippen LogP contribution in [-0.2, 0) is 12.8 Å². The Bertz CT molecular complexity index is 649. The van der Waals surface area contributed by atoms with Crippen molar-refractivity contribution in [3.05, 3.63) is 70.2 Å². The van der Waals surface area contributed by atoms with Gasteiger partial charge in [-0.1, -0.05) is 48.0 Å². The average molecular weight is 298 g/mol. The topological polar surface area (TPSA) is 3.24 Å². The van der Waals surface area contributed by atoms with Gasteiger partial charge in [0.15, 0.2) is 0 Å². The average Bonchev–Trinajstić information content (AvgIpc) is 2.99. The standard InChI is InChI=1S/C19H20ClN/c1-21-17(10-13-6-8-16(20)9-7-13)12-15-11-14-4-2-3-5-18(14)19(15)21/h2-9,15,17,19H,10-12H2,1H3. The molecule has 0 radical (unpaired) electrons. The van der Waals surface area contributed by atoms with Crippen LogP contribution in [0.2, 0.25) is 5.02 Å². The number of likely N-dealkylation sites (N-methyl/N-ethyl adjacent to an activating group) is 1. The lowest BCUT2D eigenvalue weighted by molar-refractivity contribution is 0.233. The summed E-state index contributed by atoms with van der Waals surface area (Å²) in [5, 5.41) is 0.823. The molecule has 1 nitrogen and oxygen atoms in total. The fourth-order valence-corrected chi connectivity index (χ4v) is 4.41. The van der Waals surface area contributed by atoms with Crippen molar-refractivity contribution in [1.29, 1.82) is 0 Å². The highest BCUT2D eigenvalue weighted by Gasteiger charge is 2.44. The van der Waals surface area contributed by atoms with Crippen LogP contribution in [0.1, 0.15) is 29.2 Å². The summed E-state index contributed by atoms with van der Waals surface area (Å²) in [6.45, 7) is 0. The van der Waals surface area contributed by atoms with Gasteiger partial charge in [-0.3, -0.25) is 4.90 Å². The molecule has 0 amide bonds. The van der Waals surface area contributed by atoms with Crippen molar-refractivity contribution < 1.29 is 0 Å². The molecule has 1 aliphatic heterocycles. The Balaban J connectivity index is 1.55. The number of hydrogen-bond acceptors (Lipinski definition) is 1. The van der Waals surface area contributed by atoms with E-state index in [4.69, 9.17) is 11.6 Å². The van der Waals surface area contributed by atoms with Gasteiger partial charge in [0.2, 0.25) is 0 Å². The van der Waals surface area contributed by atoms with Crippen molar-refractivity contribution in [2.45, 2.75) is 31.3 Å². The molecule has 1 heterocycles. The summed E-state index contributed by atoms with van der Waals surface area (Å²) in [5.41, 5.74) is 4.51. The largest absolute Gasteiger partial charge is 0.296 e. The first-order valence-electron chi connectivity index (χ1n) is 7.76. The molecular weight excluding hydrogens is 278 g/mol.